The molecule has 1 unspecified atom stereocenters. The van der Waals surface area contributed by atoms with Crippen LogP contribution in [0.15, 0.2) is 36.7 Å². The van der Waals surface area contributed by atoms with Gasteiger partial charge in [-0.2, -0.15) is 0 Å². The number of imidazole rings is 1. The second-order valence-electron chi connectivity index (χ2n) is 11.8. The van der Waals surface area contributed by atoms with E-state index >= 15 is 0 Å². The minimum Gasteiger partial charge on any atom is -0.376 e. The van der Waals surface area contributed by atoms with E-state index in [4.69, 9.17) is 10.5 Å². The molecule has 3 N–H and O–H groups in total. The van der Waals surface area contributed by atoms with Gasteiger partial charge in [-0.3, -0.25) is 14.3 Å². The number of amides is 2. The molecule has 38 heavy (non-hydrogen) atoms. The topological polar surface area (TPSA) is 106 Å². The number of nitrogens with one attached hydrogen (secondary N) is 1. The normalized spacial score (nSPS) is 24.8. The highest BCUT2D eigenvalue weighted by molar-refractivity contribution is 5.94. The number of hydrogen-bond acceptors (Lipinski definition) is 6. The lowest BCUT2D eigenvalue weighted by Gasteiger charge is -2.46. The van der Waals surface area contributed by atoms with E-state index in [0.717, 1.165) is 12.2 Å². The Morgan fingerprint density at radius 3 is 2.18 bits per heavy atom. The van der Waals surface area contributed by atoms with E-state index in [1.807, 2.05) is 29.4 Å². The van der Waals surface area contributed by atoms with Crippen molar-refractivity contribution in [2.75, 3.05) is 44.8 Å². The van der Waals surface area contributed by atoms with E-state index in [-0.39, 0.29) is 36.5 Å². The van der Waals surface area contributed by atoms with Crippen LogP contribution in [-0.2, 0) is 16.0 Å². The largest absolute Gasteiger partial charge is 0.376 e. The molecule has 0 radical (unpaired) electrons. The molecule has 4 heterocycles. The zero-order valence-electron chi connectivity index (χ0n) is 22.2. The SMILES string of the molecule is NC1(C(=O)N2CCN(C(=O)c3ccc(C4Nn5ccnc5CC45CCCCCCCC5)cc3)CC2)COC1. The highest BCUT2D eigenvalue weighted by atomic mass is 16.5. The van der Waals surface area contributed by atoms with Crippen molar-refractivity contribution in [2.45, 2.75) is 69.4 Å². The first-order chi connectivity index (χ1) is 18.5. The van der Waals surface area contributed by atoms with Gasteiger partial charge in [-0.05, 0) is 30.5 Å². The van der Waals surface area contributed by atoms with Crippen molar-refractivity contribution in [1.29, 1.82) is 0 Å². The highest BCUT2D eigenvalue weighted by Gasteiger charge is 2.46. The molecular formula is C29H40N6O3. The summed E-state index contributed by atoms with van der Waals surface area (Å²) in [6.07, 6.45) is 15.0. The number of ether oxygens (including phenoxy) is 1. The fourth-order valence-corrected chi connectivity index (χ4v) is 6.83. The van der Waals surface area contributed by atoms with Crippen LogP contribution in [0.25, 0.3) is 0 Å². The molecule has 1 spiro atoms. The van der Waals surface area contributed by atoms with Gasteiger partial charge in [0.25, 0.3) is 5.91 Å². The zero-order chi connectivity index (χ0) is 26.2. The van der Waals surface area contributed by atoms with E-state index in [2.05, 4.69) is 27.2 Å². The van der Waals surface area contributed by atoms with Crippen LogP contribution in [0.3, 0.4) is 0 Å². The van der Waals surface area contributed by atoms with Crippen molar-refractivity contribution in [3.63, 3.8) is 0 Å². The molecule has 6 rings (SSSR count). The van der Waals surface area contributed by atoms with Crippen LogP contribution >= 0.6 is 0 Å². The number of fused-ring (bicyclic) bond motifs is 1. The first kappa shape index (κ1) is 25.4. The molecule has 3 aliphatic heterocycles. The van der Waals surface area contributed by atoms with Gasteiger partial charge in [-0.25, -0.2) is 4.98 Å². The summed E-state index contributed by atoms with van der Waals surface area (Å²) in [6, 6.07) is 8.40. The predicted molar refractivity (Wildman–Crippen MR) is 144 cm³/mol. The fraction of sp³-hybridized carbons (Fsp3) is 0.621. The van der Waals surface area contributed by atoms with Crippen LogP contribution in [0.4, 0.5) is 0 Å². The lowest BCUT2D eigenvalue weighted by molar-refractivity contribution is -0.155. The summed E-state index contributed by atoms with van der Waals surface area (Å²) in [5.41, 5.74) is 11.1. The van der Waals surface area contributed by atoms with Gasteiger partial charge in [0, 0.05) is 56.0 Å². The molecule has 9 nitrogen and oxygen atoms in total. The summed E-state index contributed by atoms with van der Waals surface area (Å²) in [6.45, 7) is 2.58. The fourth-order valence-electron chi connectivity index (χ4n) is 6.83. The first-order valence-corrected chi connectivity index (χ1v) is 14.3. The Bertz CT molecular complexity index is 1140. The molecule has 2 aromatic rings. The van der Waals surface area contributed by atoms with Gasteiger partial charge >= 0.3 is 0 Å². The number of piperazine rings is 1. The molecule has 4 aliphatic rings. The molecule has 1 saturated carbocycles. The molecule has 1 atom stereocenters. The second-order valence-corrected chi connectivity index (χ2v) is 11.8. The minimum absolute atomic E-state index is 0.0174. The van der Waals surface area contributed by atoms with Gasteiger partial charge in [-0.15, -0.1) is 0 Å². The van der Waals surface area contributed by atoms with Crippen LogP contribution in [0.1, 0.15) is 79.2 Å². The third-order valence-corrected chi connectivity index (χ3v) is 9.20. The lowest BCUT2D eigenvalue weighted by atomic mass is 9.67. The molecule has 204 valence electrons. The summed E-state index contributed by atoms with van der Waals surface area (Å²) in [7, 11) is 0. The Morgan fingerprint density at radius 1 is 0.921 bits per heavy atom. The first-order valence-electron chi connectivity index (χ1n) is 14.3. The van der Waals surface area contributed by atoms with Crippen molar-refractivity contribution >= 4 is 11.8 Å². The number of hydrogen-bond donors (Lipinski definition) is 2. The standard InChI is InChI=1S/C29H40N6O3/c30-29(20-38-21-29)27(37)34-17-15-33(16-18-34)26(36)23-9-7-22(8-10-23)25-28(11-5-3-1-2-4-6-12-28)19-24-31-13-14-35(24)32-25/h7-10,13-14,25,32H,1-6,11-12,15-21,30H2. The molecule has 1 aliphatic carbocycles. The number of carbonyl (C=O) groups excluding carboxylic acids is 2. The maximum atomic E-state index is 13.3. The van der Waals surface area contributed by atoms with Crippen molar-refractivity contribution in [1.82, 2.24) is 19.5 Å². The smallest absolute Gasteiger partial charge is 0.253 e. The molecular weight excluding hydrogens is 480 g/mol. The third kappa shape index (κ3) is 4.71. The average molecular weight is 521 g/mol. The van der Waals surface area contributed by atoms with Gasteiger partial charge in [0.15, 0.2) is 0 Å². The molecule has 2 saturated heterocycles. The third-order valence-electron chi connectivity index (χ3n) is 9.20. The molecule has 1 aromatic carbocycles. The van der Waals surface area contributed by atoms with Gasteiger partial charge < -0.3 is 25.7 Å². The van der Waals surface area contributed by atoms with Crippen LogP contribution in [0, 0.1) is 5.41 Å². The maximum absolute atomic E-state index is 13.3. The molecule has 3 fully saturated rings. The Labute approximate surface area is 224 Å². The van der Waals surface area contributed by atoms with Gasteiger partial charge in [0.2, 0.25) is 5.91 Å². The zero-order valence-corrected chi connectivity index (χ0v) is 22.2. The molecule has 1 aromatic heterocycles. The predicted octanol–water partition coefficient (Wildman–Crippen LogP) is 2.86. The van der Waals surface area contributed by atoms with E-state index in [0.29, 0.717) is 31.7 Å². The van der Waals surface area contributed by atoms with Crippen LogP contribution in [0.2, 0.25) is 0 Å². The van der Waals surface area contributed by atoms with Crippen molar-refractivity contribution in [2.24, 2.45) is 11.1 Å². The van der Waals surface area contributed by atoms with E-state index < -0.39 is 5.54 Å². The summed E-state index contributed by atoms with van der Waals surface area (Å²) >= 11 is 0. The molecule has 0 bridgehead atoms. The Morgan fingerprint density at radius 2 is 1.55 bits per heavy atom. The molecule has 2 amide bonds. The number of rotatable bonds is 3. The number of aromatic nitrogens is 2. The summed E-state index contributed by atoms with van der Waals surface area (Å²) in [5.74, 6) is 1.07. The summed E-state index contributed by atoms with van der Waals surface area (Å²) in [5, 5.41) is 0. The highest BCUT2D eigenvalue weighted by Crippen LogP contribution is 2.49. The minimum atomic E-state index is -0.889. The lowest BCUT2D eigenvalue weighted by Crippen LogP contribution is -2.68. The van der Waals surface area contributed by atoms with Crippen LogP contribution in [0.5, 0.6) is 0 Å². The van der Waals surface area contributed by atoms with Crippen molar-refractivity contribution < 1.29 is 14.3 Å². The quantitative estimate of drug-likeness (QED) is 0.645. The average Bonchev–Trinajstić information content (AvgIpc) is 3.42. The number of nitrogens with zero attached hydrogens (tertiary/aromatic N) is 4. The maximum Gasteiger partial charge on any atom is 0.253 e. The Kier molecular flexibility index (Phi) is 6.90. The van der Waals surface area contributed by atoms with E-state index in [1.54, 1.807) is 4.90 Å². The van der Waals surface area contributed by atoms with Crippen LogP contribution in [-0.4, -0.2) is 76.2 Å². The molecule has 9 heteroatoms. The Hall–Kier alpha value is -2.91. The van der Waals surface area contributed by atoms with Crippen molar-refractivity contribution in [3.8, 4) is 0 Å². The summed E-state index contributed by atoms with van der Waals surface area (Å²) in [4.78, 5) is 34.3. The van der Waals surface area contributed by atoms with Gasteiger partial charge in [-0.1, -0.05) is 50.7 Å². The Balaban J connectivity index is 1.16. The number of benzene rings is 1. The van der Waals surface area contributed by atoms with Gasteiger partial charge in [0.05, 0.1) is 19.3 Å². The number of nitrogens with two attached hydrogens (primary N) is 1. The van der Waals surface area contributed by atoms with Crippen LogP contribution < -0.4 is 11.2 Å². The van der Waals surface area contributed by atoms with E-state index in [1.165, 1.54) is 56.9 Å². The number of carbonyl (C=O) groups is 2. The van der Waals surface area contributed by atoms with Gasteiger partial charge in [0.1, 0.15) is 11.4 Å². The monoisotopic (exact) mass is 520 g/mol. The summed E-state index contributed by atoms with van der Waals surface area (Å²) < 4.78 is 7.23. The van der Waals surface area contributed by atoms with E-state index in [9.17, 15) is 9.59 Å². The second kappa shape index (κ2) is 10.3. The van der Waals surface area contributed by atoms with Crippen molar-refractivity contribution in [3.05, 3.63) is 53.6 Å².